The van der Waals surface area contributed by atoms with E-state index in [9.17, 15) is 9.59 Å². The number of carbonyl (C=O) groups excluding carboxylic acids is 2. The van der Waals surface area contributed by atoms with Crippen LogP contribution in [0.1, 0.15) is 22.0 Å². The normalized spacial score (nSPS) is 11.5. The van der Waals surface area contributed by atoms with Crippen LogP contribution in [0.3, 0.4) is 0 Å². The Labute approximate surface area is 147 Å². The third kappa shape index (κ3) is 4.81. The smallest absolute Gasteiger partial charge is 0.341 e. The number of aliphatic hydroxyl groups excluding tert-OH is 1. The summed E-state index contributed by atoms with van der Waals surface area (Å²) in [5.74, 6) is -0.926. The van der Waals surface area contributed by atoms with E-state index in [1.54, 1.807) is 62.6 Å². The highest BCUT2D eigenvalue weighted by Gasteiger charge is 2.27. The molecule has 1 amide bonds. The average Bonchev–Trinajstić information content (AvgIpc) is 2.64. The van der Waals surface area contributed by atoms with Gasteiger partial charge in [-0.05, 0) is 12.1 Å². The van der Waals surface area contributed by atoms with Gasteiger partial charge in [0.1, 0.15) is 0 Å². The molecule has 1 atom stereocenters. The van der Waals surface area contributed by atoms with E-state index in [2.05, 4.69) is 5.32 Å². The Morgan fingerprint density at radius 3 is 2.36 bits per heavy atom. The van der Waals surface area contributed by atoms with Crippen LogP contribution in [0.15, 0.2) is 54.6 Å². The van der Waals surface area contributed by atoms with Gasteiger partial charge in [-0.2, -0.15) is 0 Å². The number of anilines is 1. The van der Waals surface area contributed by atoms with E-state index in [1.165, 1.54) is 4.90 Å². The van der Waals surface area contributed by atoms with Crippen molar-refractivity contribution >= 4 is 17.6 Å². The fraction of sp³-hybridized carbons (Fsp3) is 0.263. The number of esters is 1. The van der Waals surface area contributed by atoms with Gasteiger partial charge in [0.25, 0.3) is 5.91 Å². The lowest BCUT2D eigenvalue weighted by Crippen LogP contribution is -2.31. The number of hydrogen-bond acceptors (Lipinski definition) is 5. The zero-order valence-electron chi connectivity index (χ0n) is 14.3. The predicted octanol–water partition coefficient (Wildman–Crippen LogP) is 2.08. The zero-order chi connectivity index (χ0) is 18.2. The fourth-order valence-corrected chi connectivity index (χ4v) is 2.30. The van der Waals surface area contributed by atoms with Crippen LogP contribution < -0.4 is 5.32 Å². The minimum Gasteiger partial charge on any atom is -0.444 e. The van der Waals surface area contributed by atoms with Crippen molar-refractivity contribution < 1.29 is 19.4 Å². The van der Waals surface area contributed by atoms with Gasteiger partial charge in [0, 0.05) is 31.9 Å². The Bertz CT molecular complexity index is 716. The Morgan fingerprint density at radius 2 is 1.72 bits per heavy atom. The third-order valence-corrected chi connectivity index (χ3v) is 3.57. The van der Waals surface area contributed by atoms with E-state index in [0.717, 1.165) is 0 Å². The minimum atomic E-state index is -1.02. The molecule has 0 spiro atoms. The van der Waals surface area contributed by atoms with Crippen molar-refractivity contribution in [1.29, 1.82) is 0 Å². The molecule has 0 aliphatic carbocycles. The summed E-state index contributed by atoms with van der Waals surface area (Å²) in [7, 11) is 3.23. The van der Waals surface area contributed by atoms with Crippen molar-refractivity contribution in [3.05, 3.63) is 65.7 Å². The summed E-state index contributed by atoms with van der Waals surface area (Å²) >= 11 is 0. The molecule has 6 nitrogen and oxygen atoms in total. The molecule has 0 bridgehead atoms. The largest absolute Gasteiger partial charge is 0.444 e. The summed E-state index contributed by atoms with van der Waals surface area (Å²) in [6, 6.07) is 15.7. The molecule has 0 fully saturated rings. The van der Waals surface area contributed by atoms with Gasteiger partial charge in [0.05, 0.1) is 12.2 Å². The van der Waals surface area contributed by atoms with Crippen LogP contribution in [-0.2, 0) is 9.53 Å². The topological polar surface area (TPSA) is 78.9 Å². The van der Waals surface area contributed by atoms with Gasteiger partial charge in [0.2, 0.25) is 6.10 Å². The number of carbonyl (C=O) groups is 2. The van der Waals surface area contributed by atoms with Gasteiger partial charge in [-0.15, -0.1) is 0 Å². The summed E-state index contributed by atoms with van der Waals surface area (Å²) in [5.41, 5.74) is 1.46. The molecule has 0 aliphatic heterocycles. The van der Waals surface area contributed by atoms with Gasteiger partial charge < -0.3 is 20.1 Å². The first kappa shape index (κ1) is 18.5. The van der Waals surface area contributed by atoms with E-state index < -0.39 is 12.1 Å². The van der Waals surface area contributed by atoms with Crippen molar-refractivity contribution in [3.8, 4) is 0 Å². The Balaban J connectivity index is 2.27. The number of hydrogen-bond donors (Lipinski definition) is 2. The summed E-state index contributed by atoms with van der Waals surface area (Å²) in [5, 5.41) is 11.9. The molecule has 132 valence electrons. The lowest BCUT2D eigenvalue weighted by Gasteiger charge is -2.22. The number of ether oxygens (including phenoxy) is 1. The molecule has 2 rings (SSSR count). The molecule has 0 unspecified atom stereocenters. The fourth-order valence-electron chi connectivity index (χ4n) is 2.30. The highest BCUT2D eigenvalue weighted by molar-refractivity contribution is 5.97. The van der Waals surface area contributed by atoms with Crippen LogP contribution in [0.25, 0.3) is 0 Å². The van der Waals surface area contributed by atoms with Crippen LogP contribution in [0.4, 0.5) is 5.69 Å². The summed E-state index contributed by atoms with van der Waals surface area (Å²) in [6.45, 7) is 0.248. The third-order valence-electron chi connectivity index (χ3n) is 3.57. The van der Waals surface area contributed by atoms with E-state index in [4.69, 9.17) is 9.84 Å². The number of rotatable bonds is 7. The number of para-hydroxylation sites is 1. The second kappa shape index (κ2) is 8.84. The van der Waals surface area contributed by atoms with Crippen LogP contribution in [0, 0.1) is 0 Å². The Morgan fingerprint density at radius 1 is 1.08 bits per heavy atom. The van der Waals surface area contributed by atoms with Crippen molar-refractivity contribution in [2.45, 2.75) is 6.10 Å². The van der Waals surface area contributed by atoms with E-state index in [0.29, 0.717) is 23.4 Å². The molecule has 0 radical (unpaired) electrons. The number of benzene rings is 2. The molecule has 0 heterocycles. The number of likely N-dealkylation sites (N-methyl/N-ethyl adjacent to an activating group) is 1. The molecule has 6 heteroatoms. The van der Waals surface area contributed by atoms with Gasteiger partial charge in [0.15, 0.2) is 0 Å². The standard InChI is InChI=1S/C19H22N2O4/c1-21(2)18(23)17(14-8-4-3-5-9-14)25-19(24)15-10-6-7-11-16(15)20-12-13-22/h3-11,17,20,22H,12-13H2,1-2H3/t17-/m0/s1. The average molecular weight is 342 g/mol. The van der Waals surface area contributed by atoms with Crippen molar-refractivity contribution in [2.75, 3.05) is 32.6 Å². The SMILES string of the molecule is CN(C)C(=O)[C@@H](OC(=O)c1ccccc1NCCO)c1ccccc1. The lowest BCUT2D eigenvalue weighted by molar-refractivity contribution is -0.138. The highest BCUT2D eigenvalue weighted by Crippen LogP contribution is 2.23. The molecule has 0 saturated heterocycles. The molecule has 2 aromatic rings. The zero-order valence-corrected chi connectivity index (χ0v) is 14.3. The van der Waals surface area contributed by atoms with Crippen LogP contribution in [-0.4, -0.2) is 49.1 Å². The summed E-state index contributed by atoms with van der Waals surface area (Å²) < 4.78 is 5.53. The number of nitrogens with one attached hydrogen (secondary N) is 1. The number of aliphatic hydroxyl groups is 1. The maximum absolute atomic E-state index is 12.6. The maximum Gasteiger partial charge on any atom is 0.341 e. The Kier molecular flexibility index (Phi) is 6.54. The quantitative estimate of drug-likeness (QED) is 0.753. The first-order chi connectivity index (χ1) is 12.0. The number of amides is 1. The molecule has 0 aliphatic rings. The molecule has 2 N–H and O–H groups in total. The van der Waals surface area contributed by atoms with E-state index >= 15 is 0 Å². The van der Waals surface area contributed by atoms with Crippen LogP contribution in [0.2, 0.25) is 0 Å². The molecular weight excluding hydrogens is 320 g/mol. The monoisotopic (exact) mass is 342 g/mol. The van der Waals surface area contributed by atoms with Crippen LogP contribution in [0.5, 0.6) is 0 Å². The maximum atomic E-state index is 12.6. The van der Waals surface area contributed by atoms with Crippen LogP contribution >= 0.6 is 0 Å². The highest BCUT2D eigenvalue weighted by atomic mass is 16.5. The van der Waals surface area contributed by atoms with Gasteiger partial charge >= 0.3 is 5.97 Å². The van der Waals surface area contributed by atoms with Crippen molar-refractivity contribution in [1.82, 2.24) is 4.90 Å². The molecule has 0 aromatic heterocycles. The lowest BCUT2D eigenvalue weighted by atomic mass is 10.1. The first-order valence-electron chi connectivity index (χ1n) is 7.95. The Hall–Kier alpha value is -2.86. The van der Waals surface area contributed by atoms with Gasteiger partial charge in [-0.25, -0.2) is 4.79 Å². The summed E-state index contributed by atoms with van der Waals surface area (Å²) in [6.07, 6.45) is -1.02. The second-order valence-electron chi connectivity index (χ2n) is 5.62. The molecule has 25 heavy (non-hydrogen) atoms. The van der Waals surface area contributed by atoms with Gasteiger partial charge in [-0.3, -0.25) is 4.79 Å². The van der Waals surface area contributed by atoms with E-state index in [-0.39, 0.29) is 12.5 Å². The second-order valence-corrected chi connectivity index (χ2v) is 5.62. The molecule has 0 saturated carbocycles. The summed E-state index contributed by atoms with van der Waals surface area (Å²) in [4.78, 5) is 26.5. The molecule has 2 aromatic carbocycles. The predicted molar refractivity (Wildman–Crippen MR) is 95.3 cm³/mol. The first-order valence-corrected chi connectivity index (χ1v) is 7.95. The molecular formula is C19H22N2O4. The van der Waals surface area contributed by atoms with E-state index in [1.807, 2.05) is 6.07 Å². The van der Waals surface area contributed by atoms with Crippen molar-refractivity contribution in [2.24, 2.45) is 0 Å². The van der Waals surface area contributed by atoms with Gasteiger partial charge in [-0.1, -0.05) is 42.5 Å². The van der Waals surface area contributed by atoms with Crippen molar-refractivity contribution in [3.63, 3.8) is 0 Å². The minimum absolute atomic E-state index is 0.0604. The number of nitrogens with zero attached hydrogens (tertiary/aromatic N) is 1.